The van der Waals surface area contributed by atoms with Gasteiger partial charge < -0.3 is 15.3 Å². The number of carbonyl (C=O) groups excluding carboxylic acids is 1. The van der Waals surface area contributed by atoms with E-state index >= 15 is 0 Å². The average molecular weight is 420 g/mol. The van der Waals surface area contributed by atoms with E-state index in [9.17, 15) is 14.7 Å². The minimum absolute atomic E-state index is 0.385. The van der Waals surface area contributed by atoms with Crippen molar-refractivity contribution in [2.24, 2.45) is 0 Å². The fourth-order valence-electron chi connectivity index (χ4n) is 2.71. The third kappa shape index (κ3) is 2.94. The molecule has 2 rings (SSSR count). The molecule has 1 atom stereocenters. The Labute approximate surface area is 140 Å². The molecule has 0 aromatic heterocycles. The predicted molar refractivity (Wildman–Crippen MR) is 87.5 cm³/mol. The molecular formula is C14H16Br2N2O3. The van der Waals surface area contributed by atoms with E-state index in [1.807, 2.05) is 18.2 Å². The van der Waals surface area contributed by atoms with Gasteiger partial charge in [-0.1, -0.05) is 13.0 Å². The van der Waals surface area contributed by atoms with Crippen molar-refractivity contribution in [2.75, 3.05) is 11.9 Å². The summed E-state index contributed by atoms with van der Waals surface area (Å²) in [6, 6.07) is 5.08. The van der Waals surface area contributed by atoms with Crippen molar-refractivity contribution in [1.29, 1.82) is 0 Å². The van der Waals surface area contributed by atoms with Gasteiger partial charge in [-0.15, -0.1) is 0 Å². The molecule has 114 valence electrons. The van der Waals surface area contributed by atoms with Gasteiger partial charge in [0.25, 0.3) is 0 Å². The van der Waals surface area contributed by atoms with Crippen LogP contribution in [0.1, 0.15) is 26.2 Å². The van der Waals surface area contributed by atoms with Crippen molar-refractivity contribution in [3.05, 3.63) is 27.1 Å². The third-order valence-electron chi connectivity index (χ3n) is 3.91. The number of nitrogens with zero attached hydrogens (tertiary/aromatic N) is 1. The first-order valence-corrected chi connectivity index (χ1v) is 8.27. The van der Waals surface area contributed by atoms with E-state index < -0.39 is 11.5 Å². The number of likely N-dealkylation sites (tertiary alicyclic amines) is 1. The number of halogens is 2. The van der Waals surface area contributed by atoms with Crippen molar-refractivity contribution < 1.29 is 14.7 Å². The number of amides is 2. The van der Waals surface area contributed by atoms with Crippen LogP contribution in [0.3, 0.4) is 0 Å². The molecule has 0 saturated carbocycles. The van der Waals surface area contributed by atoms with Gasteiger partial charge >= 0.3 is 12.0 Å². The van der Waals surface area contributed by atoms with Crippen LogP contribution in [0.4, 0.5) is 10.5 Å². The van der Waals surface area contributed by atoms with E-state index in [2.05, 4.69) is 37.2 Å². The van der Waals surface area contributed by atoms with Crippen LogP contribution in [0.5, 0.6) is 0 Å². The number of hydrogen-bond acceptors (Lipinski definition) is 2. The van der Waals surface area contributed by atoms with Crippen molar-refractivity contribution in [3.8, 4) is 0 Å². The summed E-state index contributed by atoms with van der Waals surface area (Å²) < 4.78 is 1.48. The molecule has 5 nitrogen and oxygen atoms in total. The molecule has 1 heterocycles. The Morgan fingerprint density at radius 3 is 2.52 bits per heavy atom. The highest BCUT2D eigenvalue weighted by atomic mass is 79.9. The van der Waals surface area contributed by atoms with E-state index in [-0.39, 0.29) is 6.03 Å². The Morgan fingerprint density at radius 1 is 1.38 bits per heavy atom. The largest absolute Gasteiger partial charge is 0.479 e. The monoisotopic (exact) mass is 418 g/mol. The fraction of sp³-hybridized carbons (Fsp3) is 0.429. The summed E-state index contributed by atoms with van der Waals surface area (Å²) in [7, 11) is 0. The van der Waals surface area contributed by atoms with Gasteiger partial charge in [-0.05, 0) is 63.3 Å². The van der Waals surface area contributed by atoms with Gasteiger partial charge in [0, 0.05) is 15.5 Å². The standard InChI is InChI=1S/C14H16Br2N2O3/c1-2-14(12(19)20)7-4-8-18(14)13(21)17-11-9(15)5-3-6-10(11)16/h3,5-6H,2,4,7-8H2,1H3,(H,17,21)(H,19,20). The maximum Gasteiger partial charge on any atom is 0.329 e. The maximum absolute atomic E-state index is 12.5. The van der Waals surface area contributed by atoms with Gasteiger partial charge in [-0.25, -0.2) is 9.59 Å². The Balaban J connectivity index is 2.26. The van der Waals surface area contributed by atoms with Gasteiger partial charge in [0.05, 0.1) is 5.69 Å². The molecule has 0 bridgehead atoms. The van der Waals surface area contributed by atoms with Crippen LogP contribution in [-0.2, 0) is 4.79 Å². The number of urea groups is 1. The van der Waals surface area contributed by atoms with Crippen LogP contribution in [-0.4, -0.2) is 34.1 Å². The van der Waals surface area contributed by atoms with E-state index in [1.54, 1.807) is 6.92 Å². The first kappa shape index (κ1) is 16.3. The lowest BCUT2D eigenvalue weighted by Gasteiger charge is -2.34. The number of rotatable bonds is 3. The summed E-state index contributed by atoms with van der Waals surface area (Å²) in [6.45, 7) is 2.25. The second-order valence-electron chi connectivity index (χ2n) is 4.97. The van der Waals surface area contributed by atoms with Crippen LogP contribution >= 0.6 is 31.9 Å². The van der Waals surface area contributed by atoms with Crippen LogP contribution in [0, 0.1) is 0 Å². The lowest BCUT2D eigenvalue weighted by atomic mass is 9.93. The normalized spacial score (nSPS) is 21.4. The molecule has 1 aromatic rings. The fourth-order valence-corrected chi connectivity index (χ4v) is 3.90. The van der Waals surface area contributed by atoms with Gasteiger partial charge in [-0.2, -0.15) is 0 Å². The summed E-state index contributed by atoms with van der Waals surface area (Å²) in [6.07, 6.45) is 1.58. The zero-order valence-corrected chi connectivity index (χ0v) is 14.7. The highest BCUT2D eigenvalue weighted by Crippen LogP contribution is 2.35. The van der Waals surface area contributed by atoms with E-state index in [0.29, 0.717) is 31.5 Å². The quantitative estimate of drug-likeness (QED) is 0.775. The van der Waals surface area contributed by atoms with Gasteiger partial charge in [0.15, 0.2) is 0 Å². The number of carbonyl (C=O) groups is 2. The summed E-state index contributed by atoms with van der Waals surface area (Å²) >= 11 is 6.76. The zero-order chi connectivity index (χ0) is 15.6. The second-order valence-corrected chi connectivity index (χ2v) is 6.68. The van der Waals surface area contributed by atoms with Crippen molar-refractivity contribution in [2.45, 2.75) is 31.7 Å². The SMILES string of the molecule is CCC1(C(=O)O)CCCN1C(=O)Nc1c(Br)cccc1Br. The topological polar surface area (TPSA) is 69.6 Å². The summed E-state index contributed by atoms with van der Waals surface area (Å²) in [5, 5.41) is 12.3. The third-order valence-corrected chi connectivity index (χ3v) is 5.23. The van der Waals surface area contributed by atoms with Crippen LogP contribution in [0.15, 0.2) is 27.1 Å². The van der Waals surface area contributed by atoms with Crippen LogP contribution < -0.4 is 5.32 Å². The first-order valence-electron chi connectivity index (χ1n) is 6.68. The van der Waals surface area contributed by atoms with Crippen molar-refractivity contribution in [3.63, 3.8) is 0 Å². The lowest BCUT2D eigenvalue weighted by molar-refractivity contribution is -0.148. The lowest BCUT2D eigenvalue weighted by Crippen LogP contribution is -2.54. The van der Waals surface area contributed by atoms with E-state index in [4.69, 9.17) is 0 Å². The van der Waals surface area contributed by atoms with Crippen LogP contribution in [0.2, 0.25) is 0 Å². The number of nitrogens with one attached hydrogen (secondary N) is 1. The molecule has 1 unspecified atom stereocenters. The van der Waals surface area contributed by atoms with Gasteiger partial charge in [0.1, 0.15) is 5.54 Å². The summed E-state index contributed by atoms with van der Waals surface area (Å²) in [5.41, 5.74) is -0.498. The molecule has 1 aliphatic heterocycles. The van der Waals surface area contributed by atoms with Crippen molar-refractivity contribution in [1.82, 2.24) is 4.90 Å². The second kappa shape index (κ2) is 6.36. The van der Waals surface area contributed by atoms with Gasteiger partial charge in [0.2, 0.25) is 0 Å². The molecule has 1 saturated heterocycles. The number of anilines is 1. The Bertz CT molecular complexity index is 559. The molecule has 0 aliphatic carbocycles. The molecule has 0 radical (unpaired) electrons. The van der Waals surface area contributed by atoms with Gasteiger partial charge in [-0.3, -0.25) is 0 Å². The minimum Gasteiger partial charge on any atom is -0.479 e. The van der Waals surface area contributed by atoms with Crippen LogP contribution in [0.25, 0.3) is 0 Å². The Morgan fingerprint density at radius 2 is 2.00 bits per heavy atom. The number of carboxylic acid groups (broad SMARTS) is 1. The maximum atomic E-state index is 12.5. The van der Waals surface area contributed by atoms with E-state index in [0.717, 1.165) is 8.95 Å². The number of para-hydroxylation sites is 1. The Kier molecular flexibility index (Phi) is 4.93. The molecule has 2 amide bonds. The molecular weight excluding hydrogens is 404 g/mol. The number of hydrogen-bond donors (Lipinski definition) is 2. The average Bonchev–Trinajstić information content (AvgIpc) is 2.88. The molecule has 1 fully saturated rings. The summed E-state index contributed by atoms with van der Waals surface area (Å²) in [5.74, 6) is -0.941. The van der Waals surface area contributed by atoms with E-state index in [1.165, 1.54) is 4.90 Å². The number of aliphatic carboxylic acids is 1. The smallest absolute Gasteiger partial charge is 0.329 e. The highest BCUT2D eigenvalue weighted by Gasteiger charge is 2.48. The molecule has 0 spiro atoms. The zero-order valence-electron chi connectivity index (χ0n) is 11.5. The highest BCUT2D eigenvalue weighted by molar-refractivity contribution is 9.11. The number of benzene rings is 1. The minimum atomic E-state index is -1.10. The molecule has 7 heteroatoms. The van der Waals surface area contributed by atoms with Crippen molar-refractivity contribution >= 4 is 49.5 Å². The predicted octanol–water partition coefficient (Wildman–Crippen LogP) is 4.07. The molecule has 2 N–H and O–H groups in total. The summed E-state index contributed by atoms with van der Waals surface area (Å²) in [4.78, 5) is 25.6. The first-order chi connectivity index (χ1) is 9.92. The molecule has 1 aliphatic rings. The Hall–Kier alpha value is -1.08. The number of carboxylic acids is 1. The molecule has 21 heavy (non-hydrogen) atoms. The molecule has 1 aromatic carbocycles.